The molecule has 0 saturated heterocycles. The van der Waals surface area contributed by atoms with Gasteiger partial charge in [0.05, 0.1) is 6.54 Å². The molecule has 2 heterocycles. The number of halogens is 1. The molecule has 19 heavy (non-hydrogen) atoms. The van der Waals surface area contributed by atoms with Crippen molar-refractivity contribution in [3.05, 3.63) is 44.5 Å². The molecule has 0 saturated carbocycles. The average molecular weight is 323 g/mol. The van der Waals surface area contributed by atoms with Gasteiger partial charge in [-0.25, -0.2) is 9.89 Å². The first-order valence-corrected chi connectivity index (χ1v) is 7.18. The zero-order valence-electron chi connectivity index (χ0n) is 10.4. The summed E-state index contributed by atoms with van der Waals surface area (Å²) in [6.07, 6.45) is 3.44. The van der Waals surface area contributed by atoms with Crippen molar-refractivity contribution in [1.82, 2.24) is 15.2 Å². The number of aromatic nitrogens is 3. The molecular formula is C13H15BrN4O. The van der Waals surface area contributed by atoms with Crippen LogP contribution in [0.3, 0.4) is 0 Å². The Balaban J connectivity index is 1.91. The second-order valence-electron chi connectivity index (χ2n) is 4.78. The number of anilines is 1. The smallest absolute Gasteiger partial charge is 0.340 e. The van der Waals surface area contributed by atoms with Crippen LogP contribution in [0.15, 0.2) is 27.5 Å². The minimum Gasteiger partial charge on any atom is -0.364 e. The standard InChI is InChI=1S/C13H15BrN4O/c14-10-4-5-11-9(7-10)3-1-2-6-18(11)8-12-15-13(19)17-16-12/h4-5,7H,1-3,6,8H2,(H2,15,16,17,19). The first-order chi connectivity index (χ1) is 9.22. The molecule has 6 heteroatoms. The molecule has 2 aromatic rings. The number of hydrogen-bond acceptors (Lipinski definition) is 3. The minimum atomic E-state index is -0.249. The fourth-order valence-electron chi connectivity index (χ4n) is 2.53. The van der Waals surface area contributed by atoms with Crippen LogP contribution < -0.4 is 10.6 Å². The topological polar surface area (TPSA) is 64.8 Å². The highest BCUT2D eigenvalue weighted by atomic mass is 79.9. The third kappa shape index (κ3) is 2.73. The van der Waals surface area contributed by atoms with E-state index in [-0.39, 0.29) is 5.69 Å². The largest absolute Gasteiger partial charge is 0.364 e. The van der Waals surface area contributed by atoms with Crippen molar-refractivity contribution < 1.29 is 0 Å². The molecule has 0 aliphatic carbocycles. The molecule has 0 fully saturated rings. The Hall–Kier alpha value is -1.56. The quantitative estimate of drug-likeness (QED) is 0.890. The Morgan fingerprint density at radius 1 is 1.37 bits per heavy atom. The molecule has 0 bridgehead atoms. The van der Waals surface area contributed by atoms with Crippen molar-refractivity contribution in [1.29, 1.82) is 0 Å². The lowest BCUT2D eigenvalue weighted by atomic mass is 10.1. The summed E-state index contributed by atoms with van der Waals surface area (Å²) in [5.74, 6) is 0.681. The maximum absolute atomic E-state index is 11.1. The van der Waals surface area contributed by atoms with Crippen LogP contribution in [0.4, 0.5) is 5.69 Å². The summed E-state index contributed by atoms with van der Waals surface area (Å²) in [6, 6.07) is 6.38. The molecule has 5 nitrogen and oxygen atoms in total. The Bertz CT molecular complexity index is 634. The van der Waals surface area contributed by atoms with Gasteiger partial charge in [-0.1, -0.05) is 15.9 Å². The normalized spacial score (nSPS) is 15.1. The number of nitrogens with one attached hydrogen (secondary N) is 2. The molecule has 3 rings (SSSR count). The number of aryl methyl sites for hydroxylation is 1. The van der Waals surface area contributed by atoms with Crippen LogP contribution in [-0.2, 0) is 13.0 Å². The Morgan fingerprint density at radius 3 is 3.05 bits per heavy atom. The third-order valence-corrected chi connectivity index (χ3v) is 3.89. The van der Waals surface area contributed by atoms with Crippen molar-refractivity contribution in [3.8, 4) is 0 Å². The summed E-state index contributed by atoms with van der Waals surface area (Å²) in [5, 5.41) is 6.40. The number of aromatic amines is 2. The average Bonchev–Trinajstić information content (AvgIpc) is 2.68. The lowest BCUT2D eigenvalue weighted by Gasteiger charge is -2.23. The van der Waals surface area contributed by atoms with E-state index in [1.165, 1.54) is 17.7 Å². The summed E-state index contributed by atoms with van der Waals surface area (Å²) < 4.78 is 1.11. The molecule has 0 spiro atoms. The van der Waals surface area contributed by atoms with Crippen LogP contribution in [0.1, 0.15) is 24.2 Å². The second-order valence-corrected chi connectivity index (χ2v) is 5.69. The zero-order valence-corrected chi connectivity index (χ0v) is 12.0. The van der Waals surface area contributed by atoms with Gasteiger partial charge < -0.3 is 4.90 Å². The van der Waals surface area contributed by atoms with E-state index in [4.69, 9.17) is 0 Å². The van der Waals surface area contributed by atoms with Crippen molar-refractivity contribution >= 4 is 21.6 Å². The summed E-state index contributed by atoms with van der Waals surface area (Å²) in [6.45, 7) is 1.62. The molecule has 0 atom stereocenters. The summed E-state index contributed by atoms with van der Waals surface area (Å²) >= 11 is 3.52. The van der Waals surface area contributed by atoms with E-state index < -0.39 is 0 Å². The van der Waals surface area contributed by atoms with Crippen LogP contribution in [0, 0.1) is 0 Å². The zero-order chi connectivity index (χ0) is 13.2. The highest BCUT2D eigenvalue weighted by molar-refractivity contribution is 9.10. The highest BCUT2D eigenvalue weighted by Gasteiger charge is 2.16. The van der Waals surface area contributed by atoms with Crippen molar-refractivity contribution in [2.75, 3.05) is 11.4 Å². The van der Waals surface area contributed by atoms with Crippen molar-refractivity contribution in [2.24, 2.45) is 0 Å². The van der Waals surface area contributed by atoms with E-state index in [9.17, 15) is 4.79 Å². The lowest BCUT2D eigenvalue weighted by Crippen LogP contribution is -2.24. The van der Waals surface area contributed by atoms with E-state index in [2.05, 4.69) is 54.2 Å². The monoisotopic (exact) mass is 322 g/mol. The maximum atomic E-state index is 11.1. The van der Waals surface area contributed by atoms with Gasteiger partial charge in [-0.2, -0.15) is 5.10 Å². The molecular weight excluding hydrogens is 308 g/mol. The highest BCUT2D eigenvalue weighted by Crippen LogP contribution is 2.29. The predicted molar refractivity (Wildman–Crippen MR) is 77.3 cm³/mol. The summed E-state index contributed by atoms with van der Waals surface area (Å²) in [5.41, 5.74) is 2.34. The van der Waals surface area contributed by atoms with Crippen LogP contribution in [0.5, 0.6) is 0 Å². The third-order valence-electron chi connectivity index (χ3n) is 3.40. The van der Waals surface area contributed by atoms with E-state index in [0.717, 1.165) is 23.9 Å². The van der Waals surface area contributed by atoms with Crippen molar-refractivity contribution in [2.45, 2.75) is 25.8 Å². The fourth-order valence-corrected chi connectivity index (χ4v) is 2.93. The van der Waals surface area contributed by atoms with Crippen LogP contribution >= 0.6 is 15.9 Å². The van der Waals surface area contributed by atoms with Gasteiger partial charge in [0, 0.05) is 16.7 Å². The van der Waals surface area contributed by atoms with Gasteiger partial charge in [-0.05, 0) is 43.0 Å². The Morgan fingerprint density at radius 2 is 2.26 bits per heavy atom. The number of fused-ring (bicyclic) bond motifs is 1. The second kappa shape index (κ2) is 5.21. The maximum Gasteiger partial charge on any atom is 0.340 e. The lowest BCUT2D eigenvalue weighted by molar-refractivity contribution is 0.700. The van der Waals surface area contributed by atoms with Gasteiger partial charge in [0.25, 0.3) is 0 Å². The molecule has 100 valence electrons. The summed E-state index contributed by atoms with van der Waals surface area (Å²) in [4.78, 5) is 16.1. The number of hydrogen-bond donors (Lipinski definition) is 2. The number of nitrogens with zero attached hydrogens (tertiary/aromatic N) is 2. The number of H-pyrrole nitrogens is 2. The molecule has 1 aromatic heterocycles. The minimum absolute atomic E-state index is 0.249. The van der Waals surface area contributed by atoms with Gasteiger partial charge in [0.15, 0.2) is 0 Å². The van der Waals surface area contributed by atoms with Gasteiger partial charge >= 0.3 is 5.69 Å². The van der Waals surface area contributed by atoms with Crippen molar-refractivity contribution in [3.63, 3.8) is 0 Å². The summed E-state index contributed by atoms with van der Waals surface area (Å²) in [7, 11) is 0. The molecule has 1 aliphatic rings. The molecule has 0 amide bonds. The van der Waals surface area contributed by atoms with Crippen LogP contribution in [-0.4, -0.2) is 21.7 Å². The molecule has 1 aromatic carbocycles. The fraction of sp³-hybridized carbons (Fsp3) is 0.385. The first kappa shape index (κ1) is 12.5. The van der Waals surface area contributed by atoms with Crippen LogP contribution in [0.25, 0.3) is 0 Å². The van der Waals surface area contributed by atoms with Gasteiger partial charge in [-0.15, -0.1) is 0 Å². The van der Waals surface area contributed by atoms with Gasteiger partial charge in [0.1, 0.15) is 5.82 Å². The molecule has 2 N–H and O–H groups in total. The molecule has 1 aliphatic heterocycles. The van der Waals surface area contributed by atoms with Gasteiger partial charge in [-0.3, -0.25) is 4.98 Å². The first-order valence-electron chi connectivity index (χ1n) is 6.39. The Kier molecular flexibility index (Phi) is 3.42. The van der Waals surface area contributed by atoms with E-state index >= 15 is 0 Å². The SMILES string of the molecule is O=c1[nH]nc(CN2CCCCc3cc(Br)ccc32)[nH]1. The van der Waals surface area contributed by atoms with E-state index in [0.29, 0.717) is 12.4 Å². The molecule has 0 unspecified atom stereocenters. The number of rotatable bonds is 2. The van der Waals surface area contributed by atoms with Gasteiger partial charge in [0.2, 0.25) is 0 Å². The van der Waals surface area contributed by atoms with E-state index in [1.54, 1.807) is 0 Å². The number of benzene rings is 1. The van der Waals surface area contributed by atoms with E-state index in [1.807, 2.05) is 0 Å². The van der Waals surface area contributed by atoms with Crippen LogP contribution in [0.2, 0.25) is 0 Å². The predicted octanol–water partition coefficient (Wildman–Crippen LogP) is 2.20. The molecule has 0 radical (unpaired) electrons. The Labute approximate surface area is 119 Å².